The highest BCUT2D eigenvalue weighted by atomic mass is 35.5. The maximum atomic E-state index is 13.7. The molecule has 2 aromatic carbocycles. The summed E-state index contributed by atoms with van der Waals surface area (Å²) in [4.78, 5) is -0.00313. The number of rotatable bonds is 4. The number of anilines is 1. The van der Waals surface area contributed by atoms with Gasteiger partial charge >= 0.3 is 0 Å². The lowest BCUT2D eigenvalue weighted by atomic mass is 10.1. The van der Waals surface area contributed by atoms with Crippen molar-refractivity contribution in [2.24, 2.45) is 5.73 Å². The van der Waals surface area contributed by atoms with Gasteiger partial charge in [0.25, 0.3) is 10.0 Å². The maximum Gasteiger partial charge on any atom is 0.262 e. The molecule has 0 saturated heterocycles. The molecule has 0 saturated carbocycles. The molecule has 2 rings (SSSR count). The van der Waals surface area contributed by atoms with Crippen LogP contribution in [0.1, 0.15) is 18.5 Å². The van der Waals surface area contributed by atoms with Crippen LogP contribution in [-0.2, 0) is 10.0 Å². The van der Waals surface area contributed by atoms with E-state index in [2.05, 4.69) is 4.72 Å². The second kappa shape index (κ2) is 6.01. The number of nitrogens with two attached hydrogens (primary N) is 1. The van der Waals surface area contributed by atoms with Crippen LogP contribution in [0.15, 0.2) is 47.4 Å². The van der Waals surface area contributed by atoms with E-state index >= 15 is 0 Å². The summed E-state index contributed by atoms with van der Waals surface area (Å²) in [6, 6.07) is 9.77. The minimum atomic E-state index is -3.94. The van der Waals surface area contributed by atoms with E-state index in [0.717, 1.165) is 6.07 Å². The van der Waals surface area contributed by atoms with Crippen molar-refractivity contribution in [1.82, 2.24) is 0 Å². The minimum Gasteiger partial charge on any atom is -0.324 e. The van der Waals surface area contributed by atoms with Gasteiger partial charge in [0.1, 0.15) is 11.5 Å². The molecule has 1 unspecified atom stereocenters. The van der Waals surface area contributed by atoms with Crippen molar-refractivity contribution < 1.29 is 12.8 Å². The van der Waals surface area contributed by atoms with Gasteiger partial charge in [0.15, 0.2) is 0 Å². The second-order valence-electron chi connectivity index (χ2n) is 4.56. The molecule has 0 bridgehead atoms. The maximum absolute atomic E-state index is 13.7. The average Bonchev–Trinajstić information content (AvgIpc) is 2.43. The third-order valence-electron chi connectivity index (χ3n) is 2.89. The molecule has 0 spiro atoms. The van der Waals surface area contributed by atoms with Gasteiger partial charge in [-0.3, -0.25) is 4.72 Å². The van der Waals surface area contributed by atoms with E-state index in [1.54, 1.807) is 19.1 Å². The Morgan fingerprint density at radius 2 is 1.90 bits per heavy atom. The Morgan fingerprint density at radius 3 is 2.52 bits per heavy atom. The van der Waals surface area contributed by atoms with Crippen molar-refractivity contribution in [3.05, 3.63) is 58.9 Å². The quantitative estimate of drug-likeness (QED) is 0.904. The molecule has 0 aromatic heterocycles. The van der Waals surface area contributed by atoms with Crippen molar-refractivity contribution in [3.8, 4) is 0 Å². The molecule has 112 valence electrons. The van der Waals surface area contributed by atoms with E-state index in [0.29, 0.717) is 5.56 Å². The Kier molecular flexibility index (Phi) is 4.51. The lowest BCUT2D eigenvalue weighted by molar-refractivity contribution is 0.598. The number of hydrogen-bond acceptors (Lipinski definition) is 3. The molecule has 0 aliphatic heterocycles. The first-order valence-electron chi connectivity index (χ1n) is 6.13. The summed E-state index contributed by atoms with van der Waals surface area (Å²) in [6.45, 7) is 1.74. The van der Waals surface area contributed by atoms with Crippen LogP contribution in [0.3, 0.4) is 0 Å². The second-order valence-corrected chi connectivity index (χ2v) is 6.65. The first-order chi connectivity index (χ1) is 9.81. The fourth-order valence-electron chi connectivity index (χ4n) is 1.75. The zero-order chi connectivity index (χ0) is 15.6. The summed E-state index contributed by atoms with van der Waals surface area (Å²) in [5, 5.41) is -0.0121. The van der Waals surface area contributed by atoms with Crippen LogP contribution in [-0.4, -0.2) is 8.42 Å². The van der Waals surface area contributed by atoms with E-state index in [1.165, 1.54) is 24.3 Å². The van der Waals surface area contributed by atoms with Gasteiger partial charge in [0.05, 0.1) is 9.92 Å². The number of halogens is 2. The zero-order valence-corrected chi connectivity index (χ0v) is 12.7. The number of nitrogens with one attached hydrogen (secondary N) is 1. The Balaban J connectivity index is 2.41. The fourth-order valence-corrected chi connectivity index (χ4v) is 3.16. The third-order valence-corrected chi connectivity index (χ3v) is 4.56. The Morgan fingerprint density at radius 1 is 1.24 bits per heavy atom. The van der Waals surface area contributed by atoms with Crippen LogP contribution >= 0.6 is 11.6 Å². The third kappa shape index (κ3) is 3.53. The molecule has 21 heavy (non-hydrogen) atoms. The molecular weight excluding hydrogens is 315 g/mol. The number of para-hydroxylation sites is 1. The molecule has 0 aliphatic carbocycles. The number of sulfonamides is 1. The van der Waals surface area contributed by atoms with E-state index in [4.69, 9.17) is 17.3 Å². The number of benzene rings is 2. The first-order valence-corrected chi connectivity index (χ1v) is 8.00. The molecule has 0 radical (unpaired) electrons. The normalized spacial score (nSPS) is 13.0. The van der Waals surface area contributed by atoms with Gasteiger partial charge in [-0.05, 0) is 36.8 Å². The highest BCUT2D eigenvalue weighted by Crippen LogP contribution is 2.27. The van der Waals surface area contributed by atoms with Crippen molar-refractivity contribution in [1.29, 1.82) is 0 Å². The molecule has 1 atom stereocenters. The highest BCUT2D eigenvalue weighted by Gasteiger charge is 2.19. The van der Waals surface area contributed by atoms with E-state index in [9.17, 15) is 12.8 Å². The van der Waals surface area contributed by atoms with Gasteiger partial charge in [-0.25, -0.2) is 12.8 Å². The largest absolute Gasteiger partial charge is 0.324 e. The summed E-state index contributed by atoms with van der Waals surface area (Å²) in [5.41, 5.74) is 6.12. The molecule has 7 heteroatoms. The summed E-state index contributed by atoms with van der Waals surface area (Å²) < 4.78 is 40.4. The predicted molar refractivity (Wildman–Crippen MR) is 81.3 cm³/mol. The number of hydrogen-bond donors (Lipinski definition) is 2. The van der Waals surface area contributed by atoms with Gasteiger partial charge in [-0.2, -0.15) is 0 Å². The van der Waals surface area contributed by atoms with Crippen LogP contribution < -0.4 is 10.5 Å². The highest BCUT2D eigenvalue weighted by molar-refractivity contribution is 7.92. The Bertz CT molecular complexity index is 743. The van der Waals surface area contributed by atoms with Crippen molar-refractivity contribution in [2.75, 3.05) is 4.72 Å². The molecule has 3 N–H and O–H groups in total. The standard InChI is InChI=1S/C14H14ClFN2O2S/c1-9(17)10-4-2-5-11(8-10)21(19,20)18-14-12(15)6-3-7-13(14)16/h2-9,18H,17H2,1H3. The molecular formula is C14H14ClFN2O2S. The van der Waals surface area contributed by atoms with E-state index in [-0.39, 0.29) is 21.6 Å². The monoisotopic (exact) mass is 328 g/mol. The topological polar surface area (TPSA) is 72.2 Å². The molecule has 0 fully saturated rings. The summed E-state index contributed by atoms with van der Waals surface area (Å²) in [5.74, 6) is -0.741. The van der Waals surface area contributed by atoms with E-state index < -0.39 is 15.8 Å². The molecule has 0 amide bonds. The molecule has 4 nitrogen and oxygen atoms in total. The smallest absolute Gasteiger partial charge is 0.262 e. The van der Waals surface area contributed by atoms with Crippen molar-refractivity contribution >= 4 is 27.3 Å². The lowest BCUT2D eigenvalue weighted by Gasteiger charge is -2.12. The van der Waals surface area contributed by atoms with Crippen molar-refractivity contribution in [3.63, 3.8) is 0 Å². The molecule has 2 aromatic rings. The zero-order valence-electron chi connectivity index (χ0n) is 11.2. The Labute approximate surface area is 127 Å². The summed E-state index contributed by atoms with van der Waals surface area (Å²) in [6.07, 6.45) is 0. The average molecular weight is 329 g/mol. The van der Waals surface area contributed by atoms with Gasteiger partial charge < -0.3 is 5.73 Å². The summed E-state index contributed by atoms with van der Waals surface area (Å²) in [7, 11) is -3.94. The van der Waals surface area contributed by atoms with Crippen LogP contribution in [0.2, 0.25) is 5.02 Å². The predicted octanol–water partition coefficient (Wildman–Crippen LogP) is 3.30. The van der Waals surface area contributed by atoms with Crippen LogP contribution in [0.25, 0.3) is 0 Å². The van der Waals surface area contributed by atoms with Crippen LogP contribution in [0.5, 0.6) is 0 Å². The minimum absolute atomic E-state index is 0.00313. The van der Waals surface area contributed by atoms with Crippen molar-refractivity contribution in [2.45, 2.75) is 17.9 Å². The van der Waals surface area contributed by atoms with E-state index in [1.807, 2.05) is 0 Å². The lowest BCUT2D eigenvalue weighted by Crippen LogP contribution is -2.15. The van der Waals surface area contributed by atoms with Crippen LogP contribution in [0, 0.1) is 5.82 Å². The van der Waals surface area contributed by atoms with Gasteiger partial charge in [0, 0.05) is 6.04 Å². The van der Waals surface area contributed by atoms with Gasteiger partial charge in [-0.15, -0.1) is 0 Å². The van der Waals surface area contributed by atoms with Gasteiger partial charge in [0.2, 0.25) is 0 Å². The first kappa shape index (κ1) is 15.8. The Hall–Kier alpha value is -1.63. The van der Waals surface area contributed by atoms with Crippen LogP contribution in [0.4, 0.5) is 10.1 Å². The fraction of sp³-hybridized carbons (Fsp3) is 0.143. The van der Waals surface area contributed by atoms with Gasteiger partial charge in [-0.1, -0.05) is 29.8 Å². The molecule has 0 heterocycles. The summed E-state index contributed by atoms with van der Waals surface area (Å²) >= 11 is 5.82. The SMILES string of the molecule is CC(N)c1cccc(S(=O)(=O)Nc2c(F)cccc2Cl)c1. The molecule has 0 aliphatic rings.